The third kappa shape index (κ3) is 6.81. The van der Waals surface area contributed by atoms with E-state index in [4.69, 9.17) is 4.74 Å². The zero-order valence-corrected chi connectivity index (χ0v) is 21.6. The first-order valence-corrected chi connectivity index (χ1v) is 11.9. The van der Waals surface area contributed by atoms with Crippen LogP contribution in [0.2, 0.25) is 0 Å². The maximum absolute atomic E-state index is 12.6. The first-order chi connectivity index (χ1) is 15.2. The maximum atomic E-state index is 12.6. The standard InChI is InChI=1S/C24H37N5O2.HI/c1-25-24(27-21-9-13-28(14-10-21)17-19-11-16-31-18-19)26-12-4-7-23(30)29-15-8-20-5-2-3-6-22(20)29;/h2-3,5-6,19,21H,4,7-18H2,1H3,(H2,25,26,27);1H. The molecule has 178 valence electrons. The van der Waals surface area contributed by atoms with E-state index in [0.29, 0.717) is 12.5 Å². The molecule has 4 rings (SSSR count). The van der Waals surface area contributed by atoms with Crippen molar-refractivity contribution in [2.75, 3.05) is 57.9 Å². The van der Waals surface area contributed by atoms with E-state index < -0.39 is 0 Å². The number of para-hydroxylation sites is 1. The summed E-state index contributed by atoms with van der Waals surface area (Å²) in [6.45, 7) is 6.87. The average molecular weight is 556 g/mol. The number of carbonyl (C=O) groups excluding carboxylic acids is 1. The quantitative estimate of drug-likeness (QED) is 0.235. The third-order valence-corrected chi connectivity index (χ3v) is 6.74. The molecule has 0 spiro atoms. The lowest BCUT2D eigenvalue weighted by Crippen LogP contribution is -2.49. The summed E-state index contributed by atoms with van der Waals surface area (Å²) in [5.41, 5.74) is 2.37. The van der Waals surface area contributed by atoms with Crippen molar-refractivity contribution in [1.29, 1.82) is 0 Å². The fourth-order valence-electron chi connectivity index (χ4n) is 4.92. The molecule has 3 aliphatic heterocycles. The highest BCUT2D eigenvalue weighted by Crippen LogP contribution is 2.28. The molecule has 32 heavy (non-hydrogen) atoms. The smallest absolute Gasteiger partial charge is 0.227 e. The van der Waals surface area contributed by atoms with Crippen molar-refractivity contribution < 1.29 is 9.53 Å². The predicted octanol–water partition coefficient (Wildman–Crippen LogP) is 2.64. The largest absolute Gasteiger partial charge is 0.381 e. The molecule has 7 nitrogen and oxygen atoms in total. The second-order valence-corrected chi connectivity index (χ2v) is 8.98. The SMILES string of the molecule is CN=C(NCCCC(=O)N1CCc2ccccc21)NC1CCN(CC2CCOC2)CC1.I. The van der Waals surface area contributed by atoms with Gasteiger partial charge in [-0.15, -0.1) is 24.0 Å². The molecular weight excluding hydrogens is 517 g/mol. The van der Waals surface area contributed by atoms with Gasteiger partial charge in [-0.1, -0.05) is 18.2 Å². The number of rotatable bonds is 7. The molecule has 0 saturated carbocycles. The minimum atomic E-state index is 0. The second kappa shape index (κ2) is 12.7. The number of likely N-dealkylation sites (tertiary alicyclic amines) is 1. The van der Waals surface area contributed by atoms with E-state index in [0.717, 1.165) is 82.6 Å². The van der Waals surface area contributed by atoms with E-state index in [-0.39, 0.29) is 29.9 Å². The van der Waals surface area contributed by atoms with Crippen LogP contribution in [-0.2, 0) is 16.0 Å². The van der Waals surface area contributed by atoms with Crippen LogP contribution in [0.4, 0.5) is 5.69 Å². The van der Waals surface area contributed by atoms with E-state index in [9.17, 15) is 4.79 Å². The molecule has 0 bridgehead atoms. The Balaban J connectivity index is 0.00000289. The van der Waals surface area contributed by atoms with Gasteiger partial charge in [-0.3, -0.25) is 9.79 Å². The Hall–Kier alpha value is -1.39. The Morgan fingerprint density at radius 3 is 2.75 bits per heavy atom. The zero-order chi connectivity index (χ0) is 21.5. The van der Waals surface area contributed by atoms with Crippen molar-refractivity contribution in [2.24, 2.45) is 10.9 Å². The van der Waals surface area contributed by atoms with Gasteiger partial charge >= 0.3 is 0 Å². The molecule has 2 fully saturated rings. The van der Waals surface area contributed by atoms with Crippen molar-refractivity contribution in [3.63, 3.8) is 0 Å². The lowest BCUT2D eigenvalue weighted by atomic mass is 10.0. The Bertz CT molecular complexity index is 761. The number of anilines is 1. The van der Waals surface area contributed by atoms with Gasteiger partial charge in [-0.25, -0.2) is 0 Å². The fourth-order valence-corrected chi connectivity index (χ4v) is 4.92. The predicted molar refractivity (Wildman–Crippen MR) is 140 cm³/mol. The van der Waals surface area contributed by atoms with Crippen molar-refractivity contribution in [3.8, 4) is 0 Å². The van der Waals surface area contributed by atoms with Crippen LogP contribution in [0.5, 0.6) is 0 Å². The van der Waals surface area contributed by atoms with E-state index >= 15 is 0 Å². The number of carbonyl (C=O) groups is 1. The molecule has 1 unspecified atom stereocenters. The van der Waals surface area contributed by atoms with Crippen LogP contribution in [-0.4, -0.2) is 75.8 Å². The van der Waals surface area contributed by atoms with E-state index in [2.05, 4.69) is 32.7 Å². The minimum absolute atomic E-state index is 0. The van der Waals surface area contributed by atoms with Crippen LogP contribution in [0.25, 0.3) is 0 Å². The Kier molecular flexibility index (Phi) is 10.1. The van der Waals surface area contributed by atoms with Crippen molar-refractivity contribution in [3.05, 3.63) is 29.8 Å². The van der Waals surface area contributed by atoms with Crippen LogP contribution in [0.1, 0.15) is 37.7 Å². The molecule has 2 saturated heterocycles. The molecule has 0 aromatic heterocycles. The third-order valence-electron chi connectivity index (χ3n) is 6.74. The summed E-state index contributed by atoms with van der Waals surface area (Å²) in [7, 11) is 1.82. The number of nitrogens with one attached hydrogen (secondary N) is 2. The molecule has 8 heteroatoms. The Morgan fingerprint density at radius 1 is 1.19 bits per heavy atom. The van der Waals surface area contributed by atoms with Crippen LogP contribution in [0.15, 0.2) is 29.3 Å². The van der Waals surface area contributed by atoms with Gasteiger partial charge in [0.1, 0.15) is 0 Å². The highest BCUT2D eigenvalue weighted by atomic mass is 127. The van der Waals surface area contributed by atoms with Gasteiger partial charge in [0.2, 0.25) is 5.91 Å². The van der Waals surface area contributed by atoms with Gasteiger partial charge in [0.05, 0.1) is 6.61 Å². The number of piperidine rings is 1. The molecule has 3 heterocycles. The lowest BCUT2D eigenvalue weighted by molar-refractivity contribution is -0.118. The molecule has 0 radical (unpaired) electrons. The Morgan fingerprint density at radius 2 is 2.00 bits per heavy atom. The van der Waals surface area contributed by atoms with Crippen molar-refractivity contribution >= 4 is 41.5 Å². The normalized spacial score (nSPS) is 21.8. The van der Waals surface area contributed by atoms with Gasteiger partial charge in [-0.05, 0) is 49.7 Å². The first kappa shape index (κ1) is 25.2. The second-order valence-electron chi connectivity index (χ2n) is 8.98. The molecule has 3 aliphatic rings. The highest BCUT2D eigenvalue weighted by molar-refractivity contribution is 14.0. The van der Waals surface area contributed by atoms with Gasteiger partial charge in [-0.2, -0.15) is 0 Å². The van der Waals surface area contributed by atoms with Crippen LogP contribution in [0, 0.1) is 5.92 Å². The van der Waals surface area contributed by atoms with Crippen LogP contribution in [0.3, 0.4) is 0 Å². The summed E-state index contributed by atoms with van der Waals surface area (Å²) < 4.78 is 5.51. The fraction of sp³-hybridized carbons (Fsp3) is 0.667. The summed E-state index contributed by atoms with van der Waals surface area (Å²) >= 11 is 0. The maximum Gasteiger partial charge on any atom is 0.227 e. The number of aliphatic imine (C=N–C) groups is 1. The van der Waals surface area contributed by atoms with Crippen molar-refractivity contribution in [1.82, 2.24) is 15.5 Å². The topological polar surface area (TPSA) is 69.2 Å². The van der Waals surface area contributed by atoms with Crippen molar-refractivity contribution in [2.45, 2.75) is 44.6 Å². The molecule has 2 N–H and O–H groups in total. The summed E-state index contributed by atoms with van der Waals surface area (Å²) in [6, 6.07) is 8.69. The number of hydrogen-bond acceptors (Lipinski definition) is 4. The number of fused-ring (bicyclic) bond motifs is 1. The van der Waals surface area contributed by atoms with Gasteiger partial charge in [0.15, 0.2) is 5.96 Å². The van der Waals surface area contributed by atoms with Gasteiger partial charge < -0.3 is 25.2 Å². The number of amides is 1. The molecule has 1 aromatic rings. The first-order valence-electron chi connectivity index (χ1n) is 11.9. The number of ether oxygens (including phenoxy) is 1. The van der Waals surface area contributed by atoms with E-state index in [1.807, 2.05) is 24.1 Å². The number of benzene rings is 1. The summed E-state index contributed by atoms with van der Waals surface area (Å²) in [6.07, 6.45) is 5.81. The number of nitrogens with zero attached hydrogens (tertiary/aromatic N) is 3. The molecule has 1 amide bonds. The van der Waals surface area contributed by atoms with E-state index in [1.54, 1.807) is 0 Å². The van der Waals surface area contributed by atoms with E-state index in [1.165, 1.54) is 18.5 Å². The molecule has 1 aromatic carbocycles. The van der Waals surface area contributed by atoms with Crippen LogP contribution < -0.4 is 15.5 Å². The number of guanidine groups is 1. The average Bonchev–Trinajstić information content (AvgIpc) is 3.46. The summed E-state index contributed by atoms with van der Waals surface area (Å²) in [4.78, 5) is 21.5. The van der Waals surface area contributed by atoms with Gasteiger partial charge in [0.25, 0.3) is 0 Å². The van der Waals surface area contributed by atoms with Crippen LogP contribution >= 0.6 is 24.0 Å². The molecule has 1 atom stereocenters. The summed E-state index contributed by atoms with van der Waals surface area (Å²) in [5.74, 6) is 1.78. The highest BCUT2D eigenvalue weighted by Gasteiger charge is 2.25. The zero-order valence-electron chi connectivity index (χ0n) is 19.2. The monoisotopic (exact) mass is 555 g/mol. The molecular formula is C24H38IN5O2. The lowest BCUT2D eigenvalue weighted by Gasteiger charge is -2.34. The minimum Gasteiger partial charge on any atom is -0.381 e. The number of halogens is 1. The van der Waals surface area contributed by atoms with Gasteiger partial charge in [0, 0.05) is 64.5 Å². The number of hydrogen-bond donors (Lipinski definition) is 2. The summed E-state index contributed by atoms with van der Waals surface area (Å²) in [5, 5.41) is 6.96. The Labute approximate surface area is 209 Å². The molecule has 0 aliphatic carbocycles.